The lowest BCUT2D eigenvalue weighted by Crippen LogP contribution is -2.14. The zero-order valence-electron chi connectivity index (χ0n) is 17.1. The lowest BCUT2D eigenvalue weighted by atomic mass is 10.1. The number of rotatable bonds is 7. The highest BCUT2D eigenvalue weighted by Crippen LogP contribution is 2.27. The molecule has 0 aliphatic rings. The van der Waals surface area contributed by atoms with Gasteiger partial charge in [-0.05, 0) is 55.0 Å². The number of amides is 1. The van der Waals surface area contributed by atoms with Gasteiger partial charge in [0.25, 0.3) is 5.91 Å². The fraction of sp³-hybridized carbons (Fsp3) is 0.0800. The molecule has 6 nitrogen and oxygen atoms in total. The molecule has 160 valence electrons. The van der Waals surface area contributed by atoms with Crippen LogP contribution in [0.1, 0.15) is 27.0 Å². The third-order valence-corrected chi connectivity index (χ3v) is 5.01. The number of nitrogens with one attached hydrogen (secondary N) is 1. The number of halogens is 1. The average molecular weight is 491 g/mol. The second-order valence-corrected chi connectivity index (χ2v) is 7.88. The van der Waals surface area contributed by atoms with Crippen molar-refractivity contribution in [1.82, 2.24) is 0 Å². The third-order valence-electron chi connectivity index (χ3n) is 4.52. The first-order valence-corrected chi connectivity index (χ1v) is 10.4. The molecule has 0 heterocycles. The fourth-order valence-corrected chi connectivity index (χ4v) is 3.22. The van der Waals surface area contributed by atoms with Crippen LogP contribution in [0.5, 0.6) is 5.75 Å². The summed E-state index contributed by atoms with van der Waals surface area (Å²) in [6.07, 6.45) is 1.44. The van der Waals surface area contributed by atoms with Crippen LogP contribution in [0.3, 0.4) is 0 Å². The lowest BCUT2D eigenvalue weighted by molar-refractivity contribution is -0.112. The van der Waals surface area contributed by atoms with Crippen molar-refractivity contribution < 1.29 is 19.4 Å². The maximum absolute atomic E-state index is 12.6. The Labute approximate surface area is 193 Å². The molecular weight excluding hydrogens is 472 g/mol. The Bertz CT molecular complexity index is 1230. The summed E-state index contributed by atoms with van der Waals surface area (Å²) in [5.74, 6) is -1.25. The van der Waals surface area contributed by atoms with E-state index in [4.69, 9.17) is 9.84 Å². The number of nitrogens with zero attached hydrogens (tertiary/aromatic N) is 1. The van der Waals surface area contributed by atoms with Gasteiger partial charge in [-0.1, -0.05) is 51.8 Å². The quantitative estimate of drug-likeness (QED) is 0.332. The van der Waals surface area contributed by atoms with E-state index in [0.717, 1.165) is 15.6 Å². The number of ether oxygens (including phenoxy) is 1. The monoisotopic (exact) mass is 490 g/mol. The van der Waals surface area contributed by atoms with Crippen molar-refractivity contribution >= 4 is 39.6 Å². The minimum absolute atomic E-state index is 0.0315. The fourth-order valence-electron chi connectivity index (χ4n) is 2.84. The standard InChI is InChI=1S/C25H19BrN2O4/c1-16-5-7-17(8-6-16)15-32-23-10-9-21(26)12-19(23)11-20(14-27)24(29)28-22-4-2-3-18(13-22)25(30)31/h2-13H,15H2,1H3,(H,28,29)(H,30,31)/b20-11-. The highest BCUT2D eigenvalue weighted by molar-refractivity contribution is 9.10. The molecule has 0 saturated carbocycles. The molecule has 0 unspecified atom stereocenters. The zero-order chi connectivity index (χ0) is 23.1. The molecule has 2 N–H and O–H groups in total. The normalized spacial score (nSPS) is 10.8. The van der Waals surface area contributed by atoms with E-state index in [1.54, 1.807) is 18.2 Å². The third kappa shape index (κ3) is 6.06. The van der Waals surface area contributed by atoms with Crippen LogP contribution in [0.25, 0.3) is 6.08 Å². The van der Waals surface area contributed by atoms with Crippen LogP contribution >= 0.6 is 15.9 Å². The number of carboxylic acid groups (broad SMARTS) is 1. The van der Waals surface area contributed by atoms with Crippen molar-refractivity contribution in [3.8, 4) is 11.8 Å². The summed E-state index contributed by atoms with van der Waals surface area (Å²) in [4.78, 5) is 23.8. The molecule has 0 spiro atoms. The SMILES string of the molecule is Cc1ccc(COc2ccc(Br)cc2/C=C(/C#N)C(=O)Nc2cccc(C(=O)O)c2)cc1. The number of benzene rings is 3. The van der Waals surface area contributed by atoms with Crippen LogP contribution < -0.4 is 10.1 Å². The largest absolute Gasteiger partial charge is 0.488 e. The first kappa shape index (κ1) is 22.8. The minimum atomic E-state index is -1.11. The number of hydrogen-bond acceptors (Lipinski definition) is 4. The Morgan fingerprint density at radius 3 is 2.56 bits per heavy atom. The molecule has 3 aromatic rings. The van der Waals surface area contributed by atoms with E-state index in [1.165, 1.54) is 24.3 Å². The van der Waals surface area contributed by atoms with Gasteiger partial charge in [-0.2, -0.15) is 5.26 Å². The number of carboxylic acids is 1. The smallest absolute Gasteiger partial charge is 0.335 e. The Kier molecular flexibility index (Phi) is 7.42. The van der Waals surface area contributed by atoms with Crippen LogP contribution in [-0.4, -0.2) is 17.0 Å². The summed E-state index contributed by atoms with van der Waals surface area (Å²) < 4.78 is 6.69. The summed E-state index contributed by atoms with van der Waals surface area (Å²) in [7, 11) is 0. The number of nitriles is 1. The van der Waals surface area contributed by atoms with Gasteiger partial charge >= 0.3 is 5.97 Å². The van der Waals surface area contributed by atoms with Crippen molar-refractivity contribution in [1.29, 1.82) is 5.26 Å². The summed E-state index contributed by atoms with van der Waals surface area (Å²) in [5.41, 5.74) is 2.86. The summed E-state index contributed by atoms with van der Waals surface area (Å²) in [6, 6.07) is 21.0. The molecule has 0 aliphatic carbocycles. The maximum Gasteiger partial charge on any atom is 0.335 e. The van der Waals surface area contributed by atoms with Crippen LogP contribution in [-0.2, 0) is 11.4 Å². The second kappa shape index (κ2) is 10.4. The molecule has 0 aliphatic heterocycles. The average Bonchev–Trinajstić information content (AvgIpc) is 2.78. The molecule has 3 aromatic carbocycles. The number of aromatic carboxylic acids is 1. The molecule has 1 amide bonds. The van der Waals surface area contributed by atoms with Crippen molar-refractivity contribution in [2.24, 2.45) is 0 Å². The van der Waals surface area contributed by atoms with Crippen LogP contribution in [0.2, 0.25) is 0 Å². The van der Waals surface area contributed by atoms with E-state index in [1.807, 2.05) is 43.3 Å². The Hall–Kier alpha value is -3.89. The highest BCUT2D eigenvalue weighted by atomic mass is 79.9. The van der Waals surface area contributed by atoms with Crippen molar-refractivity contribution in [3.63, 3.8) is 0 Å². The number of hydrogen-bond donors (Lipinski definition) is 2. The molecule has 0 fully saturated rings. The molecule has 3 rings (SSSR count). The first-order chi connectivity index (χ1) is 15.4. The van der Waals surface area contributed by atoms with Crippen LogP contribution in [0, 0.1) is 18.3 Å². The topological polar surface area (TPSA) is 99.4 Å². The maximum atomic E-state index is 12.6. The molecule has 0 atom stereocenters. The van der Waals surface area contributed by atoms with Gasteiger partial charge in [-0.15, -0.1) is 0 Å². The summed E-state index contributed by atoms with van der Waals surface area (Å²) in [6.45, 7) is 2.34. The van der Waals surface area contributed by atoms with E-state index < -0.39 is 11.9 Å². The predicted molar refractivity (Wildman–Crippen MR) is 125 cm³/mol. The second-order valence-electron chi connectivity index (χ2n) is 6.97. The van der Waals surface area contributed by atoms with Crippen molar-refractivity contribution in [2.45, 2.75) is 13.5 Å². The van der Waals surface area contributed by atoms with Gasteiger partial charge in [0.15, 0.2) is 0 Å². The molecule has 0 bridgehead atoms. The lowest BCUT2D eigenvalue weighted by Gasteiger charge is -2.11. The Morgan fingerprint density at radius 1 is 1.12 bits per heavy atom. The highest BCUT2D eigenvalue weighted by Gasteiger charge is 2.13. The number of aryl methyl sites for hydroxylation is 1. The van der Waals surface area contributed by atoms with Gasteiger partial charge < -0.3 is 15.2 Å². The molecule has 7 heteroatoms. The van der Waals surface area contributed by atoms with Gasteiger partial charge in [-0.25, -0.2) is 4.79 Å². The summed E-state index contributed by atoms with van der Waals surface area (Å²) >= 11 is 3.40. The molecule has 0 aromatic heterocycles. The van der Waals surface area contributed by atoms with Gasteiger partial charge in [0, 0.05) is 15.7 Å². The van der Waals surface area contributed by atoms with Crippen molar-refractivity contribution in [3.05, 3.63) is 99.0 Å². The molecule has 0 saturated heterocycles. The van der Waals surface area contributed by atoms with E-state index in [2.05, 4.69) is 21.2 Å². The predicted octanol–water partition coefficient (Wildman–Crippen LogP) is 5.58. The van der Waals surface area contributed by atoms with Crippen LogP contribution in [0.4, 0.5) is 5.69 Å². The van der Waals surface area contributed by atoms with E-state index in [9.17, 15) is 14.9 Å². The molecule has 32 heavy (non-hydrogen) atoms. The van der Waals surface area contributed by atoms with Crippen molar-refractivity contribution in [2.75, 3.05) is 5.32 Å². The summed E-state index contributed by atoms with van der Waals surface area (Å²) in [5, 5.41) is 21.2. The van der Waals surface area contributed by atoms with Gasteiger partial charge in [-0.3, -0.25) is 4.79 Å². The number of anilines is 1. The van der Waals surface area contributed by atoms with E-state index in [0.29, 0.717) is 17.9 Å². The number of carbonyl (C=O) groups is 2. The van der Waals surface area contributed by atoms with Crippen LogP contribution in [0.15, 0.2) is 76.8 Å². The Balaban J connectivity index is 1.82. The minimum Gasteiger partial charge on any atom is -0.488 e. The van der Waals surface area contributed by atoms with E-state index in [-0.39, 0.29) is 16.8 Å². The zero-order valence-corrected chi connectivity index (χ0v) is 18.7. The first-order valence-electron chi connectivity index (χ1n) is 9.60. The molecular formula is C25H19BrN2O4. The molecule has 0 radical (unpaired) electrons. The van der Waals surface area contributed by atoms with Gasteiger partial charge in [0.1, 0.15) is 24.0 Å². The number of carbonyl (C=O) groups excluding carboxylic acids is 1. The van der Waals surface area contributed by atoms with Gasteiger partial charge in [0.2, 0.25) is 0 Å². The van der Waals surface area contributed by atoms with E-state index >= 15 is 0 Å². The van der Waals surface area contributed by atoms with Gasteiger partial charge in [0.05, 0.1) is 5.56 Å². The Morgan fingerprint density at radius 2 is 1.88 bits per heavy atom.